The van der Waals surface area contributed by atoms with Gasteiger partial charge in [0.15, 0.2) is 23.0 Å². The zero-order chi connectivity index (χ0) is 54.6. The minimum absolute atomic E-state index is 0.708. The molecule has 0 aliphatic heterocycles. The molecule has 0 saturated heterocycles. The lowest BCUT2D eigenvalue weighted by Gasteiger charge is -2.15. The third-order valence-electron chi connectivity index (χ3n) is 16.2. The Kier molecular flexibility index (Phi) is 20.3. The zero-order valence-electron chi connectivity index (χ0n) is 48.0. The van der Waals surface area contributed by atoms with E-state index in [0.717, 1.165) is 61.9 Å². The van der Waals surface area contributed by atoms with Crippen LogP contribution in [0.1, 0.15) is 182 Å². The van der Waals surface area contributed by atoms with Crippen LogP contribution in [0, 0.1) is 0 Å². The number of thiophene rings is 6. The van der Waals surface area contributed by atoms with E-state index in [1.165, 1.54) is 230 Å². The fraction of sp³-hybridized carbons (Fsp3) is 0.457. The van der Waals surface area contributed by atoms with Crippen LogP contribution in [0.5, 0.6) is 23.0 Å². The largest absolute Gasteiger partial charge is 0.488 e. The van der Waals surface area contributed by atoms with Crippen LogP contribution in [0.3, 0.4) is 0 Å². The molecule has 0 spiro atoms. The van der Waals surface area contributed by atoms with Crippen molar-refractivity contribution in [2.45, 2.75) is 182 Å². The molecule has 80 heavy (non-hydrogen) atoms. The second kappa shape index (κ2) is 28.2. The summed E-state index contributed by atoms with van der Waals surface area (Å²) in [6.45, 7) is 12.0. The van der Waals surface area contributed by atoms with E-state index < -0.39 is 0 Å². The smallest absolute Gasteiger partial charge is 0.180 e. The van der Waals surface area contributed by atoms with Gasteiger partial charge in [0.25, 0.3) is 0 Å². The monoisotopic (exact) mass is 1180 g/mol. The summed E-state index contributed by atoms with van der Waals surface area (Å²) < 4.78 is 35.2. The first-order chi connectivity index (χ1) is 39.6. The van der Waals surface area contributed by atoms with Gasteiger partial charge in [-0.3, -0.25) is 0 Å². The summed E-state index contributed by atoms with van der Waals surface area (Å²) >= 11 is 11.3. The molecule has 422 valence electrons. The van der Waals surface area contributed by atoms with Crippen LogP contribution in [-0.4, -0.2) is 26.4 Å². The molecule has 0 N–H and O–H groups in total. The van der Waals surface area contributed by atoms with E-state index in [2.05, 4.69) is 111 Å². The highest BCUT2D eigenvalue weighted by Gasteiger charge is 2.26. The van der Waals surface area contributed by atoms with Crippen molar-refractivity contribution < 1.29 is 18.9 Å². The van der Waals surface area contributed by atoms with Crippen molar-refractivity contribution in [3.8, 4) is 42.5 Å². The van der Waals surface area contributed by atoms with Gasteiger partial charge in [0, 0.05) is 72.0 Å². The summed E-state index contributed by atoms with van der Waals surface area (Å²) in [6, 6.07) is 28.4. The summed E-state index contributed by atoms with van der Waals surface area (Å²) in [4.78, 5) is 5.18. The highest BCUT2D eigenvalue weighted by atomic mass is 32.1. The number of rotatable bonds is 34. The van der Waals surface area contributed by atoms with Crippen LogP contribution in [0.25, 0.3) is 102 Å². The second-order valence-corrected chi connectivity index (χ2v) is 28.3. The average molecular weight is 1180 g/mol. The van der Waals surface area contributed by atoms with Crippen molar-refractivity contribution in [2.75, 3.05) is 26.4 Å². The first-order valence-electron chi connectivity index (χ1n) is 30.8. The summed E-state index contributed by atoms with van der Waals surface area (Å²) in [6.07, 6.45) is 29.7. The lowest BCUT2D eigenvalue weighted by Crippen LogP contribution is -2.03. The van der Waals surface area contributed by atoms with Gasteiger partial charge in [0.05, 0.1) is 45.2 Å². The van der Waals surface area contributed by atoms with Crippen LogP contribution >= 0.6 is 68.0 Å². The minimum atomic E-state index is 0.708. The molecule has 0 saturated carbocycles. The summed E-state index contributed by atoms with van der Waals surface area (Å²) in [5, 5.41) is 17.5. The third-order valence-corrected chi connectivity index (χ3v) is 23.0. The molecule has 0 aliphatic rings. The number of hydrogen-bond donors (Lipinski definition) is 0. The molecular weight excluding hydrogens is 1100 g/mol. The van der Waals surface area contributed by atoms with Crippen LogP contribution in [0.4, 0.5) is 0 Å². The fourth-order valence-electron chi connectivity index (χ4n) is 11.8. The summed E-state index contributed by atoms with van der Waals surface area (Å²) in [7, 11) is 0. The molecule has 6 heterocycles. The van der Waals surface area contributed by atoms with E-state index in [1.807, 2.05) is 45.3 Å². The van der Waals surface area contributed by atoms with Crippen molar-refractivity contribution in [2.24, 2.45) is 0 Å². The Morgan fingerprint density at radius 3 is 0.887 bits per heavy atom. The van der Waals surface area contributed by atoms with Gasteiger partial charge >= 0.3 is 0 Å². The quantitative estimate of drug-likeness (QED) is 0.0298. The van der Waals surface area contributed by atoms with Gasteiger partial charge < -0.3 is 18.9 Å². The number of hydrogen-bond acceptors (Lipinski definition) is 10. The molecule has 0 bridgehead atoms. The first kappa shape index (κ1) is 57.4. The molecular formula is C70H82O4S6. The molecule has 0 unspecified atom stereocenters. The summed E-state index contributed by atoms with van der Waals surface area (Å²) in [5.41, 5.74) is 0. The van der Waals surface area contributed by atoms with E-state index >= 15 is 0 Å². The predicted molar refractivity (Wildman–Crippen MR) is 360 cm³/mol. The Morgan fingerprint density at radius 1 is 0.275 bits per heavy atom. The first-order valence-corrected chi connectivity index (χ1v) is 35.9. The molecule has 0 radical (unpaired) electrons. The molecule has 0 amide bonds. The lowest BCUT2D eigenvalue weighted by molar-refractivity contribution is 0.264. The van der Waals surface area contributed by atoms with E-state index in [4.69, 9.17) is 18.9 Å². The van der Waals surface area contributed by atoms with Crippen LogP contribution in [-0.2, 0) is 0 Å². The van der Waals surface area contributed by atoms with E-state index in [9.17, 15) is 0 Å². The van der Waals surface area contributed by atoms with Crippen molar-refractivity contribution in [3.63, 3.8) is 0 Å². The van der Waals surface area contributed by atoms with Crippen LogP contribution < -0.4 is 18.9 Å². The number of unbranched alkanes of at least 4 members (excludes halogenated alkanes) is 20. The van der Waals surface area contributed by atoms with E-state index in [0.29, 0.717) is 13.2 Å². The van der Waals surface area contributed by atoms with Gasteiger partial charge in [-0.1, -0.05) is 180 Å². The van der Waals surface area contributed by atoms with Gasteiger partial charge in [0.2, 0.25) is 0 Å². The molecule has 0 aliphatic carbocycles. The second-order valence-electron chi connectivity index (χ2n) is 22.3. The van der Waals surface area contributed by atoms with Gasteiger partial charge in [0.1, 0.15) is 0 Å². The normalized spacial score (nSPS) is 12.2. The Bertz CT molecular complexity index is 3540. The van der Waals surface area contributed by atoms with Crippen molar-refractivity contribution >= 4 is 150 Å². The number of fused-ring (bicyclic) bond motifs is 13. The minimum Gasteiger partial charge on any atom is -0.488 e. The predicted octanol–water partition coefficient (Wildman–Crippen LogP) is 25.6. The van der Waals surface area contributed by atoms with E-state index in [-0.39, 0.29) is 0 Å². The Morgan fingerprint density at radius 2 is 0.550 bits per heavy atom. The molecule has 6 aromatic heterocycles. The standard InChI is InChI=1S/C70H82O4S6/c1-5-9-13-17-21-27-35-71-61-63(73-37-29-23-19-15-11-7-3)69-53(49-33-39-75-67(49)61)43-59(79-69)57-45-55-56-46-58(78-66(56)52-42-48-32-26-25-31-47(48)41-51(52)65(55)77-57)60-44-54-50-34-40-76-68(50)62(72-36-28-22-18-14-10-6-2)64(70(54)80-60)74-38-30-24-20-16-12-8-4/h25-26,31-34,39-46H,5-24,27-30,35-38H2,1-4H3. The Balaban J connectivity index is 0.991. The Labute approximate surface area is 499 Å². The molecule has 10 heteroatoms. The van der Waals surface area contributed by atoms with Gasteiger partial charge in [-0.2, -0.15) is 0 Å². The molecule has 0 atom stereocenters. The van der Waals surface area contributed by atoms with Crippen molar-refractivity contribution in [1.82, 2.24) is 0 Å². The highest BCUT2D eigenvalue weighted by Crippen LogP contribution is 2.56. The van der Waals surface area contributed by atoms with E-state index in [1.54, 1.807) is 22.7 Å². The number of ether oxygens (including phenoxy) is 4. The summed E-state index contributed by atoms with van der Waals surface area (Å²) in [5.74, 6) is 3.80. The van der Waals surface area contributed by atoms with Gasteiger partial charge in [-0.15, -0.1) is 68.0 Å². The van der Waals surface area contributed by atoms with Crippen LogP contribution in [0.2, 0.25) is 0 Å². The molecule has 4 nitrogen and oxygen atoms in total. The fourth-order valence-corrected chi connectivity index (χ4v) is 18.5. The topological polar surface area (TPSA) is 36.9 Å². The average Bonchev–Trinajstić information content (AvgIpc) is 4.44. The number of benzene rings is 5. The Hall–Kier alpha value is -4.42. The SMILES string of the molecule is CCCCCCCCOc1c(OCCCCCCCC)c2sc(-c3cc4c5cc(-c6cc7c(s6)c(OCCCCCCCC)c(OCCCCCCCC)c6sccc67)sc5c5cc6ccccc6cc5c4s3)cc2c2ccsc12. The van der Waals surface area contributed by atoms with Crippen LogP contribution in [0.15, 0.2) is 83.6 Å². The third kappa shape index (κ3) is 12.7. The maximum Gasteiger partial charge on any atom is 0.180 e. The molecule has 5 aromatic carbocycles. The van der Waals surface area contributed by atoms with Crippen molar-refractivity contribution in [1.29, 1.82) is 0 Å². The molecule has 11 aromatic rings. The highest BCUT2D eigenvalue weighted by molar-refractivity contribution is 7.31. The zero-order valence-corrected chi connectivity index (χ0v) is 52.9. The van der Waals surface area contributed by atoms with Gasteiger partial charge in [-0.05, 0) is 95.7 Å². The molecule has 11 rings (SSSR count). The maximum atomic E-state index is 6.97. The van der Waals surface area contributed by atoms with Crippen molar-refractivity contribution in [3.05, 3.63) is 83.6 Å². The lowest BCUT2D eigenvalue weighted by atomic mass is 10.00. The molecule has 0 fully saturated rings. The maximum absolute atomic E-state index is 6.97. The van der Waals surface area contributed by atoms with Gasteiger partial charge in [-0.25, -0.2) is 0 Å².